The molecular weight excluding hydrogens is 242 g/mol. The van der Waals surface area contributed by atoms with E-state index < -0.39 is 0 Å². The molecule has 0 fully saturated rings. The van der Waals surface area contributed by atoms with Crippen LogP contribution >= 0.6 is 0 Å². The molecule has 0 radical (unpaired) electrons. The van der Waals surface area contributed by atoms with Crippen molar-refractivity contribution in [2.24, 2.45) is 0 Å². The van der Waals surface area contributed by atoms with Crippen molar-refractivity contribution < 1.29 is 0 Å². The highest BCUT2D eigenvalue weighted by Crippen LogP contribution is 1.95. The molecule has 0 unspecified atom stereocenters. The monoisotopic (exact) mass is 293 g/mol. The molecule has 0 saturated carbocycles. The minimum atomic E-state index is 0.648. The van der Waals surface area contributed by atoms with Crippen LogP contribution in [0.25, 0.3) is 0 Å². The molecule has 0 aromatic carbocycles. The van der Waals surface area contributed by atoms with E-state index in [1.54, 1.807) is 0 Å². The molecule has 0 aliphatic carbocycles. The van der Waals surface area contributed by atoms with Crippen molar-refractivity contribution in [1.29, 1.82) is 0 Å². The Kier molecular flexibility index (Phi) is 140. The molecule has 0 aromatic rings. The Morgan fingerprint density at radius 3 is 0.900 bits per heavy atom. The van der Waals surface area contributed by atoms with Crippen LogP contribution in [0.1, 0.15) is 116 Å². The number of nitrogens with one attached hydrogen (secondary N) is 1. The lowest BCUT2D eigenvalue weighted by Crippen LogP contribution is -2.21. The van der Waals surface area contributed by atoms with E-state index in [1.165, 1.54) is 25.7 Å². The van der Waals surface area contributed by atoms with Crippen LogP contribution in [0, 0.1) is 0 Å². The Bertz CT molecular complexity index is 56.8. The molecule has 0 atom stereocenters. The van der Waals surface area contributed by atoms with Crippen molar-refractivity contribution in [3.05, 3.63) is 0 Å². The first-order chi connectivity index (χ1) is 9.68. The largest absolute Gasteiger partial charge is 0.315 e. The zero-order valence-electron chi connectivity index (χ0n) is 17.6. The summed E-state index contributed by atoms with van der Waals surface area (Å²) in [6, 6.07) is 0.648. The molecule has 20 heavy (non-hydrogen) atoms. The number of hydrogen-bond acceptors (Lipinski definition) is 1. The Labute approximate surface area is 134 Å². The third-order valence-corrected chi connectivity index (χ3v) is 1.57. The van der Waals surface area contributed by atoms with Gasteiger partial charge in [-0.2, -0.15) is 0 Å². The van der Waals surface area contributed by atoms with Crippen LogP contribution in [0.3, 0.4) is 0 Å². The first kappa shape index (κ1) is 36.8. The normalized spacial score (nSPS) is 6.90. The van der Waals surface area contributed by atoms with E-state index in [0.29, 0.717) is 6.04 Å². The van der Waals surface area contributed by atoms with E-state index in [0.717, 1.165) is 6.54 Å². The van der Waals surface area contributed by atoms with Gasteiger partial charge in [-0.15, -0.1) is 0 Å². The van der Waals surface area contributed by atoms with Crippen molar-refractivity contribution in [3.8, 4) is 0 Å². The molecule has 0 spiro atoms. The van der Waals surface area contributed by atoms with Gasteiger partial charge in [-0.3, -0.25) is 0 Å². The third kappa shape index (κ3) is 145. The summed E-state index contributed by atoms with van der Waals surface area (Å²) in [6.07, 6.45) is 5.54. The van der Waals surface area contributed by atoms with Gasteiger partial charge in [0.2, 0.25) is 0 Å². The van der Waals surface area contributed by atoms with Crippen molar-refractivity contribution in [2.45, 2.75) is 122 Å². The highest BCUT2D eigenvalue weighted by atomic mass is 14.9. The summed E-state index contributed by atoms with van der Waals surface area (Å²) in [5, 5.41) is 3.21. The highest BCUT2D eigenvalue weighted by Gasteiger charge is 1.82. The van der Waals surface area contributed by atoms with Crippen molar-refractivity contribution in [3.63, 3.8) is 0 Å². The Hall–Kier alpha value is -0.0400. The smallest absolute Gasteiger partial charge is 0.00102 e. The van der Waals surface area contributed by atoms with Gasteiger partial charge in [0.25, 0.3) is 0 Å². The van der Waals surface area contributed by atoms with Gasteiger partial charge >= 0.3 is 0 Å². The van der Waals surface area contributed by atoms with Crippen LogP contribution in [-0.4, -0.2) is 12.6 Å². The van der Waals surface area contributed by atoms with Gasteiger partial charge < -0.3 is 5.32 Å². The molecular formula is C19H51N. The molecule has 0 bridgehead atoms. The quantitative estimate of drug-likeness (QED) is 0.512. The van der Waals surface area contributed by atoms with E-state index in [9.17, 15) is 0 Å². The summed E-state index contributed by atoms with van der Waals surface area (Å²) in [5.41, 5.74) is 0. The van der Waals surface area contributed by atoms with Crippen LogP contribution in [0.2, 0.25) is 0 Å². The van der Waals surface area contributed by atoms with Gasteiger partial charge in [-0.1, -0.05) is 116 Å². The molecule has 0 rings (SSSR count). The van der Waals surface area contributed by atoms with Gasteiger partial charge in [0.05, 0.1) is 0 Å². The summed E-state index contributed by atoms with van der Waals surface area (Å²) in [6.45, 7) is 27.9. The van der Waals surface area contributed by atoms with Crippen molar-refractivity contribution in [1.82, 2.24) is 5.32 Å². The van der Waals surface area contributed by atoms with Crippen LogP contribution < -0.4 is 5.32 Å². The number of hydrogen-bond donors (Lipinski definition) is 1. The summed E-state index contributed by atoms with van der Waals surface area (Å²) in [7, 11) is 0. The van der Waals surface area contributed by atoms with E-state index in [4.69, 9.17) is 0 Å². The van der Waals surface area contributed by atoms with Gasteiger partial charge in [0.1, 0.15) is 0 Å². The maximum absolute atomic E-state index is 3.21. The molecule has 1 N–H and O–H groups in total. The first-order valence-corrected chi connectivity index (χ1v) is 9.42. The lowest BCUT2D eigenvalue weighted by molar-refractivity contribution is 0.613. The average Bonchev–Trinajstić information content (AvgIpc) is 2.53. The second kappa shape index (κ2) is 76.2. The van der Waals surface area contributed by atoms with E-state index in [2.05, 4.69) is 39.9 Å². The lowest BCUT2D eigenvalue weighted by atomic mass is 10.2. The standard InChI is InChI=1S/C6H14.C5H13N.4C2H6/c1-3-5-6-4-2;1-4-6-5(2)3;4*1-2/h3-6H2,1-2H3;5-6H,4H2,1-3H3;4*1-2H3. The van der Waals surface area contributed by atoms with E-state index >= 15 is 0 Å². The minimum Gasteiger partial charge on any atom is -0.315 e. The van der Waals surface area contributed by atoms with Crippen LogP contribution in [0.4, 0.5) is 0 Å². The average molecular weight is 294 g/mol. The van der Waals surface area contributed by atoms with Gasteiger partial charge in [-0.25, -0.2) is 0 Å². The highest BCUT2D eigenvalue weighted by molar-refractivity contribution is 4.46. The van der Waals surface area contributed by atoms with E-state index in [1.807, 2.05) is 55.4 Å². The molecule has 1 nitrogen and oxygen atoms in total. The fraction of sp³-hybridized carbons (Fsp3) is 1.00. The Morgan fingerprint density at radius 2 is 0.850 bits per heavy atom. The van der Waals surface area contributed by atoms with Crippen LogP contribution in [-0.2, 0) is 0 Å². The summed E-state index contributed by atoms with van der Waals surface area (Å²) in [4.78, 5) is 0. The summed E-state index contributed by atoms with van der Waals surface area (Å²) >= 11 is 0. The maximum Gasteiger partial charge on any atom is 0.00102 e. The zero-order valence-corrected chi connectivity index (χ0v) is 17.6. The second-order valence-corrected chi connectivity index (χ2v) is 3.42. The minimum absolute atomic E-state index is 0.648. The van der Waals surface area contributed by atoms with Gasteiger partial charge in [0, 0.05) is 6.04 Å². The molecule has 0 amide bonds. The van der Waals surface area contributed by atoms with E-state index in [-0.39, 0.29) is 0 Å². The molecule has 132 valence electrons. The Morgan fingerprint density at radius 1 is 0.600 bits per heavy atom. The topological polar surface area (TPSA) is 12.0 Å². The first-order valence-electron chi connectivity index (χ1n) is 9.42. The maximum atomic E-state index is 3.21. The predicted octanol–water partition coefficient (Wildman–Crippen LogP) is 7.70. The summed E-state index contributed by atoms with van der Waals surface area (Å²) < 4.78 is 0. The van der Waals surface area contributed by atoms with Gasteiger partial charge in [0.15, 0.2) is 0 Å². The second-order valence-electron chi connectivity index (χ2n) is 3.42. The fourth-order valence-electron chi connectivity index (χ4n) is 0.908. The molecule has 0 aliphatic rings. The number of rotatable bonds is 5. The molecule has 0 aromatic heterocycles. The van der Waals surface area contributed by atoms with Crippen molar-refractivity contribution >= 4 is 0 Å². The molecule has 1 heteroatoms. The third-order valence-electron chi connectivity index (χ3n) is 1.57. The van der Waals surface area contributed by atoms with Gasteiger partial charge in [-0.05, 0) is 6.54 Å². The van der Waals surface area contributed by atoms with Crippen LogP contribution in [0.5, 0.6) is 0 Å². The number of unbranched alkanes of at least 4 members (excludes halogenated alkanes) is 3. The molecule has 0 aliphatic heterocycles. The van der Waals surface area contributed by atoms with Crippen molar-refractivity contribution in [2.75, 3.05) is 6.54 Å². The Balaban J connectivity index is -0.0000000328. The molecule has 0 heterocycles. The SMILES string of the molecule is CC.CC.CC.CC.CCCCCC.CCNC(C)C. The summed E-state index contributed by atoms with van der Waals surface area (Å²) in [5.74, 6) is 0. The zero-order chi connectivity index (χ0) is 17.8. The lowest BCUT2D eigenvalue weighted by Gasteiger charge is -2.00. The fourth-order valence-corrected chi connectivity index (χ4v) is 0.908. The predicted molar refractivity (Wildman–Crippen MR) is 104 cm³/mol. The molecule has 0 saturated heterocycles. The van der Waals surface area contributed by atoms with Crippen LogP contribution in [0.15, 0.2) is 0 Å².